The van der Waals surface area contributed by atoms with Crippen molar-refractivity contribution < 1.29 is 4.74 Å². The van der Waals surface area contributed by atoms with Gasteiger partial charge in [0.05, 0.1) is 18.0 Å². The molecule has 0 aliphatic heterocycles. The molecule has 0 aliphatic carbocycles. The van der Waals surface area contributed by atoms with E-state index in [0.29, 0.717) is 5.95 Å². The van der Waals surface area contributed by atoms with Crippen LogP contribution in [0.4, 0.5) is 5.95 Å². The van der Waals surface area contributed by atoms with Gasteiger partial charge in [-0.1, -0.05) is 6.92 Å². The van der Waals surface area contributed by atoms with Gasteiger partial charge in [-0.25, -0.2) is 4.98 Å². The molecule has 4 heteroatoms. The fourth-order valence-electron chi connectivity index (χ4n) is 1.03. The third kappa shape index (κ3) is 1.71. The number of nitrogens with zero attached hydrogens (tertiary/aromatic N) is 1. The van der Waals surface area contributed by atoms with E-state index in [1.165, 1.54) is 0 Å². The molecule has 1 atom stereocenters. The third-order valence-electron chi connectivity index (χ3n) is 1.62. The van der Waals surface area contributed by atoms with Crippen molar-refractivity contribution in [2.75, 3.05) is 12.8 Å². The van der Waals surface area contributed by atoms with Crippen LogP contribution in [0.25, 0.3) is 0 Å². The molecule has 3 N–H and O–H groups in total. The minimum Gasteiger partial charge on any atom is -0.375 e. The van der Waals surface area contributed by atoms with Gasteiger partial charge in [0.2, 0.25) is 0 Å². The number of nitrogens with two attached hydrogens (primary N) is 1. The van der Waals surface area contributed by atoms with Gasteiger partial charge in [0.25, 0.3) is 0 Å². The molecule has 0 spiro atoms. The molecule has 1 heterocycles. The smallest absolute Gasteiger partial charge is 0.197 e. The minimum absolute atomic E-state index is 0.0831. The van der Waals surface area contributed by atoms with Crippen molar-refractivity contribution in [3.8, 4) is 0 Å². The molecule has 0 fully saturated rings. The highest BCUT2D eigenvalue weighted by Crippen LogP contribution is 2.17. The van der Waals surface area contributed by atoms with Crippen molar-refractivity contribution in [1.82, 2.24) is 9.97 Å². The van der Waals surface area contributed by atoms with Gasteiger partial charge >= 0.3 is 0 Å². The van der Waals surface area contributed by atoms with E-state index in [0.717, 1.165) is 12.1 Å². The number of nitrogen functional groups attached to an aromatic ring is 1. The third-order valence-corrected chi connectivity index (χ3v) is 1.62. The van der Waals surface area contributed by atoms with Gasteiger partial charge in [0, 0.05) is 7.11 Å². The Morgan fingerprint density at radius 2 is 2.55 bits per heavy atom. The van der Waals surface area contributed by atoms with Crippen LogP contribution in [0.1, 0.15) is 25.1 Å². The Balaban J connectivity index is 2.73. The van der Waals surface area contributed by atoms with Crippen LogP contribution in [0.2, 0.25) is 0 Å². The van der Waals surface area contributed by atoms with Crippen molar-refractivity contribution in [3.05, 3.63) is 11.9 Å². The predicted molar refractivity (Wildman–Crippen MR) is 43.0 cm³/mol. The van der Waals surface area contributed by atoms with Crippen LogP contribution < -0.4 is 5.73 Å². The second-order valence-corrected chi connectivity index (χ2v) is 2.36. The van der Waals surface area contributed by atoms with Crippen molar-refractivity contribution >= 4 is 5.95 Å². The van der Waals surface area contributed by atoms with Gasteiger partial charge in [-0.3, -0.25) is 0 Å². The van der Waals surface area contributed by atoms with Crippen molar-refractivity contribution in [2.24, 2.45) is 0 Å². The van der Waals surface area contributed by atoms with Crippen LogP contribution in [0.3, 0.4) is 0 Å². The zero-order valence-corrected chi connectivity index (χ0v) is 6.79. The molecule has 1 rings (SSSR count). The SMILES string of the molecule is CCC(OC)c1cnc(N)[nH]1. The number of H-pyrrole nitrogens is 1. The Morgan fingerprint density at radius 1 is 1.82 bits per heavy atom. The zero-order valence-electron chi connectivity index (χ0n) is 6.79. The largest absolute Gasteiger partial charge is 0.375 e. The molecule has 0 bridgehead atoms. The first-order valence-electron chi connectivity index (χ1n) is 3.61. The Labute approximate surface area is 65.8 Å². The lowest BCUT2D eigenvalue weighted by molar-refractivity contribution is 0.0969. The Hall–Kier alpha value is -1.03. The summed E-state index contributed by atoms with van der Waals surface area (Å²) in [6.07, 6.45) is 2.70. The summed E-state index contributed by atoms with van der Waals surface area (Å²) < 4.78 is 5.17. The maximum absolute atomic E-state index is 5.40. The predicted octanol–water partition coefficient (Wildman–Crippen LogP) is 1.09. The molecule has 1 aromatic heterocycles. The quantitative estimate of drug-likeness (QED) is 0.686. The number of aromatic amines is 1. The molecule has 0 aromatic carbocycles. The van der Waals surface area contributed by atoms with Gasteiger partial charge < -0.3 is 15.5 Å². The molecule has 1 aromatic rings. The van der Waals surface area contributed by atoms with Gasteiger partial charge in [0.1, 0.15) is 0 Å². The number of nitrogens with one attached hydrogen (secondary N) is 1. The first-order chi connectivity index (χ1) is 5.27. The second-order valence-electron chi connectivity index (χ2n) is 2.36. The fraction of sp³-hybridized carbons (Fsp3) is 0.571. The minimum atomic E-state index is 0.0831. The molecule has 0 radical (unpaired) electrons. The summed E-state index contributed by atoms with van der Waals surface area (Å²) in [4.78, 5) is 6.80. The van der Waals surface area contributed by atoms with Crippen LogP contribution in [0, 0.1) is 0 Å². The van der Waals surface area contributed by atoms with Gasteiger partial charge in [-0.15, -0.1) is 0 Å². The van der Waals surface area contributed by atoms with Crippen molar-refractivity contribution in [2.45, 2.75) is 19.4 Å². The van der Waals surface area contributed by atoms with Crippen LogP contribution in [-0.4, -0.2) is 17.1 Å². The number of methoxy groups -OCH3 is 1. The van der Waals surface area contributed by atoms with E-state index in [9.17, 15) is 0 Å². The highest BCUT2D eigenvalue weighted by Gasteiger charge is 2.09. The number of aromatic nitrogens is 2. The molecular weight excluding hydrogens is 142 g/mol. The molecule has 11 heavy (non-hydrogen) atoms. The number of hydrogen-bond donors (Lipinski definition) is 2. The van der Waals surface area contributed by atoms with E-state index in [4.69, 9.17) is 10.5 Å². The number of anilines is 1. The summed E-state index contributed by atoms with van der Waals surface area (Å²) >= 11 is 0. The van der Waals surface area contributed by atoms with Crippen LogP contribution in [-0.2, 0) is 4.74 Å². The summed E-state index contributed by atoms with van der Waals surface area (Å²) in [7, 11) is 1.67. The molecule has 1 unspecified atom stereocenters. The van der Waals surface area contributed by atoms with Crippen LogP contribution >= 0.6 is 0 Å². The lowest BCUT2D eigenvalue weighted by atomic mass is 10.2. The molecule has 0 aliphatic rings. The molecular formula is C7H13N3O. The summed E-state index contributed by atoms with van der Waals surface area (Å²) in [6.45, 7) is 2.05. The average molecular weight is 155 g/mol. The van der Waals surface area contributed by atoms with Crippen molar-refractivity contribution in [3.63, 3.8) is 0 Å². The number of hydrogen-bond acceptors (Lipinski definition) is 3. The fourth-order valence-corrected chi connectivity index (χ4v) is 1.03. The molecule has 0 saturated heterocycles. The summed E-state index contributed by atoms with van der Waals surface area (Å²) in [5, 5.41) is 0. The maximum atomic E-state index is 5.40. The number of rotatable bonds is 3. The first kappa shape index (κ1) is 8.07. The monoisotopic (exact) mass is 155 g/mol. The zero-order chi connectivity index (χ0) is 8.27. The van der Waals surface area contributed by atoms with Crippen LogP contribution in [0.5, 0.6) is 0 Å². The Morgan fingerprint density at radius 3 is 2.91 bits per heavy atom. The van der Waals surface area contributed by atoms with Crippen LogP contribution in [0.15, 0.2) is 6.20 Å². The number of ether oxygens (including phenoxy) is 1. The average Bonchev–Trinajstić information content (AvgIpc) is 2.39. The van der Waals surface area contributed by atoms with Gasteiger partial charge in [-0.2, -0.15) is 0 Å². The maximum Gasteiger partial charge on any atom is 0.197 e. The standard InChI is InChI=1S/C7H13N3O/c1-3-6(11-2)5-4-9-7(8)10-5/h4,6H,3H2,1-2H3,(H3,8,9,10). The topological polar surface area (TPSA) is 63.9 Å². The lowest BCUT2D eigenvalue weighted by Gasteiger charge is -2.09. The molecule has 4 nitrogen and oxygen atoms in total. The molecule has 0 saturated carbocycles. The van der Waals surface area contributed by atoms with E-state index in [1.54, 1.807) is 13.3 Å². The normalized spacial score (nSPS) is 13.3. The Bertz CT molecular complexity index is 217. The first-order valence-corrected chi connectivity index (χ1v) is 3.61. The summed E-state index contributed by atoms with van der Waals surface area (Å²) in [6, 6.07) is 0. The second kappa shape index (κ2) is 3.39. The van der Waals surface area contributed by atoms with E-state index < -0.39 is 0 Å². The molecule has 0 amide bonds. The van der Waals surface area contributed by atoms with Gasteiger partial charge in [-0.05, 0) is 6.42 Å². The summed E-state index contributed by atoms with van der Waals surface area (Å²) in [5.41, 5.74) is 6.34. The summed E-state index contributed by atoms with van der Waals surface area (Å²) in [5.74, 6) is 0.440. The van der Waals surface area contributed by atoms with E-state index >= 15 is 0 Å². The lowest BCUT2D eigenvalue weighted by Crippen LogP contribution is -2.00. The van der Waals surface area contributed by atoms with E-state index in [1.807, 2.05) is 6.92 Å². The van der Waals surface area contributed by atoms with E-state index in [2.05, 4.69) is 9.97 Å². The molecule has 62 valence electrons. The van der Waals surface area contributed by atoms with Gasteiger partial charge in [0.15, 0.2) is 5.95 Å². The highest BCUT2D eigenvalue weighted by molar-refractivity contribution is 5.19. The van der Waals surface area contributed by atoms with E-state index in [-0.39, 0.29) is 6.10 Å². The van der Waals surface area contributed by atoms with Crippen molar-refractivity contribution in [1.29, 1.82) is 0 Å². The number of imidazole rings is 1. The Kier molecular flexibility index (Phi) is 2.48. The highest BCUT2D eigenvalue weighted by atomic mass is 16.5.